The number of carbonyl (C=O) groups excluding carboxylic acids is 4. The molecule has 2 aromatic heterocycles. The highest BCUT2D eigenvalue weighted by Crippen LogP contribution is 2.44. The zero-order valence-corrected chi connectivity index (χ0v) is 42.4. The number of rotatable bonds is 11. The second-order valence-corrected chi connectivity index (χ2v) is 22.6. The first-order chi connectivity index (χ1) is 31.1. The van der Waals surface area contributed by atoms with E-state index in [9.17, 15) is 29.4 Å². The molecule has 4 aliphatic rings. The number of esters is 2. The molecule has 2 aliphatic heterocycles. The number of anilines is 2. The van der Waals surface area contributed by atoms with Gasteiger partial charge in [-0.15, -0.1) is 29.3 Å². The van der Waals surface area contributed by atoms with Gasteiger partial charge in [-0.2, -0.15) is 0 Å². The third-order valence-corrected chi connectivity index (χ3v) is 14.8. The average molecular weight is 949 g/mol. The first kappa shape index (κ1) is 52.9. The molecule has 2 aromatic rings. The van der Waals surface area contributed by atoms with E-state index in [1.807, 2.05) is 59.4 Å². The molecule has 0 bridgehead atoms. The maximum atomic E-state index is 14.0. The summed E-state index contributed by atoms with van der Waals surface area (Å²) in [5, 5.41) is 19.5. The maximum absolute atomic E-state index is 14.0. The van der Waals surface area contributed by atoms with Crippen LogP contribution in [0.5, 0.6) is 0 Å². The molecule has 2 saturated heterocycles. The van der Waals surface area contributed by atoms with Crippen molar-refractivity contribution in [3.8, 4) is 23.7 Å². The van der Waals surface area contributed by atoms with Crippen LogP contribution in [-0.2, 0) is 28.5 Å². The van der Waals surface area contributed by atoms with E-state index in [0.29, 0.717) is 51.6 Å². The van der Waals surface area contributed by atoms with Gasteiger partial charge in [0, 0.05) is 23.7 Å². The predicted octanol–water partition coefficient (Wildman–Crippen LogP) is 9.33. The summed E-state index contributed by atoms with van der Waals surface area (Å²) >= 11 is 2.51. The van der Waals surface area contributed by atoms with Crippen LogP contribution in [0.1, 0.15) is 162 Å². The van der Waals surface area contributed by atoms with Crippen LogP contribution in [0, 0.1) is 46.3 Å². The number of hydrogen-bond acceptors (Lipinski definition) is 12. The van der Waals surface area contributed by atoms with Gasteiger partial charge in [0.05, 0.1) is 73.4 Å². The molecule has 4 heterocycles. The molecular weight excluding hydrogens is 877 g/mol. The van der Waals surface area contributed by atoms with Crippen molar-refractivity contribution < 1.29 is 48.3 Å². The van der Waals surface area contributed by atoms with Crippen LogP contribution in [0.15, 0.2) is 24.8 Å². The Morgan fingerprint density at radius 3 is 1.53 bits per heavy atom. The van der Waals surface area contributed by atoms with E-state index in [-0.39, 0.29) is 47.1 Å². The number of thiophene rings is 2. The fourth-order valence-electron chi connectivity index (χ4n) is 9.23. The second-order valence-electron chi connectivity index (χ2n) is 20.5. The number of amides is 2. The van der Waals surface area contributed by atoms with Gasteiger partial charge in [0.1, 0.15) is 21.0 Å². The molecule has 2 aliphatic carbocycles. The minimum atomic E-state index is -1.32. The van der Waals surface area contributed by atoms with Crippen molar-refractivity contribution in [2.24, 2.45) is 22.7 Å². The molecule has 1 unspecified atom stereocenters. The van der Waals surface area contributed by atoms with Crippen molar-refractivity contribution in [2.75, 3.05) is 43.8 Å². The monoisotopic (exact) mass is 948 g/mol. The summed E-state index contributed by atoms with van der Waals surface area (Å²) in [7, 11) is 2.70. The van der Waals surface area contributed by atoms with Crippen molar-refractivity contribution in [3.63, 3.8) is 0 Å². The summed E-state index contributed by atoms with van der Waals surface area (Å²) in [4.78, 5) is 59.0. The van der Waals surface area contributed by atoms with Crippen LogP contribution in [0.4, 0.5) is 11.4 Å². The van der Waals surface area contributed by atoms with Crippen molar-refractivity contribution in [1.29, 1.82) is 0 Å². The quantitative estimate of drug-likeness (QED) is 0.127. The van der Waals surface area contributed by atoms with E-state index in [2.05, 4.69) is 30.3 Å². The van der Waals surface area contributed by atoms with E-state index >= 15 is 0 Å². The first-order valence-corrected chi connectivity index (χ1v) is 25.1. The number of ether oxygens (including phenoxy) is 4. The van der Waals surface area contributed by atoms with Crippen molar-refractivity contribution in [2.45, 2.75) is 162 Å². The van der Waals surface area contributed by atoms with Crippen LogP contribution in [-0.4, -0.2) is 97.4 Å². The molecule has 362 valence electrons. The highest BCUT2D eigenvalue weighted by Gasteiger charge is 2.51. The highest BCUT2D eigenvalue weighted by atomic mass is 32.1. The number of methoxy groups -OCH3 is 2. The molecule has 0 spiro atoms. The Morgan fingerprint density at radius 1 is 0.773 bits per heavy atom. The van der Waals surface area contributed by atoms with Gasteiger partial charge in [-0.05, 0) is 105 Å². The molecule has 2 saturated carbocycles. The standard InChI is InChI=1S/C26H37NO6S.C26H35NO4S/c1-25(2,3)12-11-19-13-20(22(34-19)23(30)32-5)27-21(17-9-7-6-8-10-17)16-33-26(4,24(27)31)14-18(29)15-28;1-7-14-26(5)24(29)27(21(17-31-26)18-11-9-8-10-12-18)20-16-19(13-15-25(2,3)4)32-22(20)23(28)30-6/h13,17-18,21,28-29H,6-10,14-16H2,1-5H3;7,16,18,21H,1,8-12,14,17H2,2-6H3/t18?,21-,26+;21-,26+/m00/s1. The molecule has 6 rings (SSSR count). The van der Waals surface area contributed by atoms with Gasteiger partial charge in [-0.3, -0.25) is 9.59 Å². The zero-order valence-electron chi connectivity index (χ0n) is 40.8. The molecular formula is C52H72N2O10S2. The summed E-state index contributed by atoms with van der Waals surface area (Å²) in [5.41, 5.74) is -1.62. The molecule has 14 heteroatoms. The molecule has 66 heavy (non-hydrogen) atoms. The summed E-state index contributed by atoms with van der Waals surface area (Å²) in [6.07, 6.45) is 12.0. The fourth-order valence-corrected chi connectivity index (χ4v) is 11.1. The SMILES string of the molecule is C=CC[C@@]1(C)OC[C@@H](C2CCCCC2)N(c2cc(C#CC(C)(C)C)sc2C(=O)OC)C1=O.COC(=O)c1sc(C#CC(C)(C)C)cc1N1C(=O)[C@@](C)(CC(O)CO)OC[C@H]1C1CCCCC1. The molecule has 5 atom stereocenters. The zero-order chi connectivity index (χ0) is 48.6. The van der Waals surface area contributed by atoms with Gasteiger partial charge >= 0.3 is 11.9 Å². The highest BCUT2D eigenvalue weighted by molar-refractivity contribution is 7.15. The van der Waals surface area contributed by atoms with E-state index in [1.165, 1.54) is 49.7 Å². The number of hydrogen-bond donors (Lipinski definition) is 2. The number of morpholine rings is 2. The Hall–Kier alpha value is -4.02. The number of aliphatic hydroxyl groups is 2. The average Bonchev–Trinajstić information content (AvgIpc) is 3.91. The lowest BCUT2D eigenvalue weighted by Gasteiger charge is -2.48. The number of nitrogens with zero attached hydrogens (tertiary/aromatic N) is 2. The topological polar surface area (TPSA) is 152 Å². The number of aliphatic hydroxyl groups excluding tert-OH is 2. The molecule has 2 N–H and O–H groups in total. The third kappa shape index (κ3) is 12.9. The Labute approximate surface area is 400 Å². The van der Waals surface area contributed by atoms with Crippen LogP contribution in [0.3, 0.4) is 0 Å². The van der Waals surface area contributed by atoms with Crippen LogP contribution in [0.2, 0.25) is 0 Å². The Balaban J connectivity index is 0.000000248. The lowest BCUT2D eigenvalue weighted by Crippen LogP contribution is -2.63. The number of carbonyl (C=O) groups is 4. The Morgan fingerprint density at radius 2 is 1.17 bits per heavy atom. The van der Waals surface area contributed by atoms with E-state index in [0.717, 1.165) is 56.2 Å². The van der Waals surface area contributed by atoms with Gasteiger partial charge in [0.15, 0.2) is 0 Å². The lowest BCUT2D eigenvalue weighted by atomic mass is 9.81. The second kappa shape index (κ2) is 22.4. The Bertz CT molecular complexity index is 2180. The summed E-state index contributed by atoms with van der Waals surface area (Å²) in [5.74, 6) is 12.0. The van der Waals surface area contributed by atoms with E-state index in [4.69, 9.17) is 18.9 Å². The van der Waals surface area contributed by atoms with Crippen molar-refractivity contribution >= 4 is 57.8 Å². The first-order valence-electron chi connectivity index (χ1n) is 23.4. The van der Waals surface area contributed by atoms with Gasteiger partial charge in [0.2, 0.25) is 0 Å². The third-order valence-electron chi connectivity index (χ3n) is 12.7. The van der Waals surface area contributed by atoms with Crippen molar-refractivity contribution in [3.05, 3.63) is 44.3 Å². The van der Waals surface area contributed by atoms with Crippen LogP contribution in [0.25, 0.3) is 0 Å². The van der Waals surface area contributed by atoms with Crippen LogP contribution >= 0.6 is 22.7 Å². The Kier molecular flexibility index (Phi) is 18.0. The lowest BCUT2D eigenvalue weighted by molar-refractivity contribution is -0.158. The van der Waals surface area contributed by atoms with E-state index in [1.54, 1.807) is 24.0 Å². The van der Waals surface area contributed by atoms with E-state index < -0.39 is 35.9 Å². The molecule has 2 amide bonds. The molecule has 4 fully saturated rings. The largest absolute Gasteiger partial charge is 0.465 e. The summed E-state index contributed by atoms with van der Waals surface area (Å²) < 4.78 is 22.4. The molecule has 0 aromatic carbocycles. The van der Waals surface area contributed by atoms with Gasteiger partial charge < -0.3 is 39.0 Å². The minimum absolute atomic E-state index is 0.0371. The predicted molar refractivity (Wildman–Crippen MR) is 261 cm³/mol. The van der Waals surface area contributed by atoms with Crippen molar-refractivity contribution in [1.82, 2.24) is 0 Å². The normalized spacial score (nSPS) is 24.8. The van der Waals surface area contributed by atoms with Gasteiger partial charge in [-0.25, -0.2) is 9.59 Å². The summed E-state index contributed by atoms with van der Waals surface area (Å²) in [6, 6.07) is 3.34. The molecule has 12 nitrogen and oxygen atoms in total. The fraction of sp³-hybridized carbons (Fsp3) is 0.654. The van der Waals surface area contributed by atoms with Gasteiger partial charge in [-0.1, -0.05) is 68.3 Å². The summed E-state index contributed by atoms with van der Waals surface area (Å²) in [6.45, 7) is 19.7. The smallest absolute Gasteiger partial charge is 0.350 e. The molecule has 0 radical (unpaired) electrons. The van der Waals surface area contributed by atoms with Crippen LogP contribution < -0.4 is 9.80 Å². The minimum Gasteiger partial charge on any atom is -0.465 e. The maximum Gasteiger partial charge on any atom is 0.350 e. The van der Waals surface area contributed by atoms with Gasteiger partial charge in [0.25, 0.3) is 11.8 Å².